The quantitative estimate of drug-likeness (QED) is 0.735. The summed E-state index contributed by atoms with van der Waals surface area (Å²) in [5, 5.41) is 12.2. The van der Waals surface area contributed by atoms with E-state index in [4.69, 9.17) is 0 Å². The monoisotopic (exact) mass is 391 g/mol. The number of rotatable bonds is 3. The number of phenols is 1. The number of hydrogen-bond acceptors (Lipinski definition) is 2. The van der Waals surface area contributed by atoms with Crippen molar-refractivity contribution in [2.75, 3.05) is 5.32 Å². The van der Waals surface area contributed by atoms with Crippen LogP contribution in [0.3, 0.4) is 0 Å². The molecular weight excluding hydrogens is 384 g/mol. The first-order chi connectivity index (χ1) is 8.97. The minimum absolute atomic E-state index is 0.138. The Morgan fingerprint density at radius 2 is 1.74 bits per heavy atom. The first kappa shape index (κ1) is 14.3. The summed E-state index contributed by atoms with van der Waals surface area (Å²) in [5.74, 6) is -1.16. The van der Waals surface area contributed by atoms with E-state index < -0.39 is 11.6 Å². The molecule has 0 bridgehead atoms. The molecule has 0 aromatic heterocycles. The van der Waals surface area contributed by atoms with Crippen molar-refractivity contribution in [2.24, 2.45) is 0 Å². The van der Waals surface area contributed by atoms with Crippen LogP contribution in [0.4, 0.5) is 14.5 Å². The molecule has 0 saturated heterocycles. The molecule has 2 N–H and O–H groups in total. The molecular formula is C13H9Br2F2NO. The van der Waals surface area contributed by atoms with Gasteiger partial charge in [0.1, 0.15) is 17.4 Å². The van der Waals surface area contributed by atoms with Crippen molar-refractivity contribution in [1.29, 1.82) is 0 Å². The molecule has 0 aliphatic rings. The molecule has 0 saturated carbocycles. The Kier molecular flexibility index (Phi) is 4.42. The molecule has 0 heterocycles. The number of aromatic hydroxyl groups is 1. The van der Waals surface area contributed by atoms with E-state index in [1.54, 1.807) is 12.1 Å². The molecule has 0 radical (unpaired) electrons. The van der Waals surface area contributed by atoms with E-state index in [-0.39, 0.29) is 15.9 Å². The van der Waals surface area contributed by atoms with Gasteiger partial charge in [0.25, 0.3) is 0 Å². The van der Waals surface area contributed by atoms with E-state index in [1.807, 2.05) is 0 Å². The molecule has 100 valence electrons. The minimum atomic E-state index is -0.654. The molecule has 2 aromatic rings. The van der Waals surface area contributed by atoms with Crippen LogP contribution in [-0.2, 0) is 6.54 Å². The first-order valence-electron chi connectivity index (χ1n) is 5.33. The Hall–Kier alpha value is -1.14. The maximum absolute atomic E-state index is 13.5. The van der Waals surface area contributed by atoms with E-state index in [9.17, 15) is 13.9 Å². The normalized spacial score (nSPS) is 10.5. The van der Waals surface area contributed by atoms with E-state index in [0.717, 1.165) is 11.6 Å². The lowest BCUT2D eigenvalue weighted by Gasteiger charge is -2.09. The van der Waals surface area contributed by atoms with Crippen LogP contribution < -0.4 is 5.32 Å². The van der Waals surface area contributed by atoms with Crippen molar-refractivity contribution < 1.29 is 13.9 Å². The van der Waals surface area contributed by atoms with Crippen LogP contribution in [0, 0.1) is 11.6 Å². The SMILES string of the molecule is Oc1ccc(CNc2cc(Br)c(F)cc2F)cc1Br. The van der Waals surface area contributed by atoms with Gasteiger partial charge >= 0.3 is 0 Å². The van der Waals surface area contributed by atoms with Crippen molar-refractivity contribution in [3.05, 3.63) is 56.5 Å². The van der Waals surface area contributed by atoms with Gasteiger partial charge in [0.2, 0.25) is 0 Å². The highest BCUT2D eigenvalue weighted by Gasteiger charge is 2.08. The van der Waals surface area contributed by atoms with Gasteiger partial charge < -0.3 is 10.4 Å². The molecule has 19 heavy (non-hydrogen) atoms. The van der Waals surface area contributed by atoms with Crippen LogP contribution in [0.15, 0.2) is 39.3 Å². The summed E-state index contributed by atoms with van der Waals surface area (Å²) in [4.78, 5) is 0. The van der Waals surface area contributed by atoms with E-state index in [0.29, 0.717) is 11.0 Å². The number of anilines is 1. The Morgan fingerprint density at radius 1 is 1.00 bits per heavy atom. The molecule has 2 nitrogen and oxygen atoms in total. The summed E-state index contributed by atoms with van der Waals surface area (Å²) in [6, 6.07) is 7.14. The van der Waals surface area contributed by atoms with Crippen LogP contribution in [-0.4, -0.2) is 5.11 Å². The number of hydrogen-bond donors (Lipinski definition) is 2. The fourth-order valence-electron chi connectivity index (χ4n) is 1.52. The van der Waals surface area contributed by atoms with Gasteiger partial charge in [-0.1, -0.05) is 6.07 Å². The fraction of sp³-hybridized carbons (Fsp3) is 0.0769. The zero-order valence-corrected chi connectivity index (χ0v) is 12.7. The van der Waals surface area contributed by atoms with Gasteiger partial charge in [-0.25, -0.2) is 8.78 Å². The van der Waals surface area contributed by atoms with Gasteiger partial charge in [0.05, 0.1) is 14.6 Å². The Morgan fingerprint density at radius 3 is 2.42 bits per heavy atom. The average Bonchev–Trinajstić information content (AvgIpc) is 2.36. The predicted molar refractivity (Wildman–Crippen MR) is 77.2 cm³/mol. The van der Waals surface area contributed by atoms with Gasteiger partial charge in [0.15, 0.2) is 0 Å². The van der Waals surface area contributed by atoms with Crippen molar-refractivity contribution in [2.45, 2.75) is 6.54 Å². The van der Waals surface area contributed by atoms with Crippen LogP contribution in [0.2, 0.25) is 0 Å². The number of benzene rings is 2. The summed E-state index contributed by atoms with van der Waals surface area (Å²) in [7, 11) is 0. The molecule has 0 aliphatic carbocycles. The average molecular weight is 393 g/mol. The van der Waals surface area contributed by atoms with Crippen molar-refractivity contribution in [3.8, 4) is 5.75 Å². The van der Waals surface area contributed by atoms with Gasteiger partial charge in [-0.15, -0.1) is 0 Å². The number of nitrogens with one attached hydrogen (secondary N) is 1. The molecule has 2 aromatic carbocycles. The standard InChI is InChI=1S/C13H9Br2F2NO/c14-8-4-12(11(17)5-10(8)16)18-6-7-1-2-13(19)9(15)3-7/h1-5,18-19H,6H2. The molecule has 0 unspecified atom stereocenters. The number of phenolic OH excluding ortho intramolecular Hbond substituents is 1. The Bertz CT molecular complexity index is 620. The minimum Gasteiger partial charge on any atom is -0.507 e. The lowest BCUT2D eigenvalue weighted by atomic mass is 10.2. The summed E-state index contributed by atoms with van der Waals surface area (Å²) in [6.07, 6.45) is 0. The van der Waals surface area contributed by atoms with Gasteiger partial charge in [-0.3, -0.25) is 0 Å². The van der Waals surface area contributed by atoms with Crippen LogP contribution in [0.5, 0.6) is 5.75 Å². The highest BCUT2D eigenvalue weighted by molar-refractivity contribution is 9.10. The summed E-state index contributed by atoms with van der Waals surface area (Å²) >= 11 is 6.20. The third-order valence-corrected chi connectivity index (χ3v) is 3.75. The molecule has 6 heteroatoms. The molecule has 0 fully saturated rings. The smallest absolute Gasteiger partial charge is 0.149 e. The van der Waals surface area contributed by atoms with Gasteiger partial charge in [-0.05, 0) is 55.6 Å². The van der Waals surface area contributed by atoms with Crippen LogP contribution in [0.25, 0.3) is 0 Å². The van der Waals surface area contributed by atoms with Gasteiger partial charge in [-0.2, -0.15) is 0 Å². The van der Waals surface area contributed by atoms with E-state index in [2.05, 4.69) is 37.2 Å². The number of halogens is 4. The lowest BCUT2D eigenvalue weighted by molar-refractivity contribution is 0.471. The second kappa shape index (κ2) is 5.88. The highest BCUT2D eigenvalue weighted by atomic mass is 79.9. The zero-order chi connectivity index (χ0) is 14.0. The summed E-state index contributed by atoms with van der Waals surface area (Å²) in [5.41, 5.74) is 1.06. The van der Waals surface area contributed by atoms with Crippen molar-refractivity contribution in [1.82, 2.24) is 0 Å². The molecule has 2 rings (SSSR count). The maximum Gasteiger partial charge on any atom is 0.149 e. The summed E-state index contributed by atoms with van der Waals surface area (Å²) in [6.45, 7) is 0.355. The highest BCUT2D eigenvalue weighted by Crippen LogP contribution is 2.26. The maximum atomic E-state index is 13.5. The topological polar surface area (TPSA) is 32.3 Å². The van der Waals surface area contributed by atoms with Crippen molar-refractivity contribution in [3.63, 3.8) is 0 Å². The third kappa shape index (κ3) is 3.45. The van der Waals surface area contributed by atoms with Gasteiger partial charge in [0, 0.05) is 12.6 Å². The fourth-order valence-corrected chi connectivity index (χ4v) is 2.29. The molecule has 0 aliphatic heterocycles. The van der Waals surface area contributed by atoms with Crippen LogP contribution >= 0.6 is 31.9 Å². The largest absolute Gasteiger partial charge is 0.507 e. The van der Waals surface area contributed by atoms with Crippen LogP contribution in [0.1, 0.15) is 5.56 Å². The summed E-state index contributed by atoms with van der Waals surface area (Å²) < 4.78 is 27.3. The molecule has 0 spiro atoms. The molecule has 0 amide bonds. The zero-order valence-electron chi connectivity index (χ0n) is 9.55. The molecule has 0 atom stereocenters. The Labute approximate surface area is 125 Å². The van der Waals surface area contributed by atoms with Crippen molar-refractivity contribution >= 4 is 37.5 Å². The van der Waals surface area contributed by atoms with E-state index >= 15 is 0 Å². The van der Waals surface area contributed by atoms with E-state index in [1.165, 1.54) is 12.1 Å². The predicted octanol–water partition coefficient (Wildman–Crippen LogP) is 4.81. The Balaban J connectivity index is 2.14. The lowest BCUT2D eigenvalue weighted by Crippen LogP contribution is -2.02. The third-order valence-electron chi connectivity index (χ3n) is 2.51. The second-order valence-corrected chi connectivity index (χ2v) is 5.59. The second-order valence-electron chi connectivity index (χ2n) is 3.89. The first-order valence-corrected chi connectivity index (χ1v) is 6.92.